The molecule has 0 spiro atoms. The third-order valence-electron chi connectivity index (χ3n) is 4.66. The first-order valence-electron chi connectivity index (χ1n) is 8.91. The summed E-state index contributed by atoms with van der Waals surface area (Å²) in [6, 6.07) is 9.83. The topological polar surface area (TPSA) is 81.4 Å². The fourth-order valence-corrected chi connectivity index (χ4v) is 5.41. The predicted molar refractivity (Wildman–Crippen MR) is 110 cm³/mol. The van der Waals surface area contributed by atoms with Gasteiger partial charge in [0.25, 0.3) is 5.56 Å². The Labute approximate surface area is 170 Å². The van der Waals surface area contributed by atoms with Gasteiger partial charge in [-0.2, -0.15) is 0 Å². The molecule has 0 bridgehead atoms. The first-order chi connectivity index (χ1) is 13.3. The Morgan fingerprint density at radius 3 is 2.82 bits per heavy atom. The number of aromatic nitrogens is 2. The van der Waals surface area contributed by atoms with Crippen molar-refractivity contribution in [2.24, 2.45) is 0 Å². The van der Waals surface area contributed by atoms with Gasteiger partial charge in [-0.15, -0.1) is 11.3 Å². The molecular formula is C20H20N2O4S2. The van der Waals surface area contributed by atoms with Crippen LogP contribution in [0.1, 0.15) is 29.9 Å². The van der Waals surface area contributed by atoms with Crippen molar-refractivity contribution >= 4 is 39.3 Å². The van der Waals surface area contributed by atoms with Crippen LogP contribution in [0.4, 0.5) is 0 Å². The van der Waals surface area contributed by atoms with Gasteiger partial charge in [-0.25, -0.2) is 4.98 Å². The summed E-state index contributed by atoms with van der Waals surface area (Å²) in [6.07, 6.45) is 0.614. The minimum Gasteiger partial charge on any atom is -0.480 e. The largest absolute Gasteiger partial charge is 0.480 e. The molecule has 0 atom stereocenters. The Morgan fingerprint density at radius 2 is 2.11 bits per heavy atom. The summed E-state index contributed by atoms with van der Waals surface area (Å²) in [5.74, 6) is -0.447. The summed E-state index contributed by atoms with van der Waals surface area (Å²) < 4.78 is 7.15. The van der Waals surface area contributed by atoms with Crippen LogP contribution < -0.4 is 5.56 Å². The molecule has 0 saturated heterocycles. The van der Waals surface area contributed by atoms with Crippen LogP contribution in [0.25, 0.3) is 10.2 Å². The Balaban J connectivity index is 1.81. The highest BCUT2D eigenvalue weighted by molar-refractivity contribution is 7.98. The molecule has 0 aliphatic carbocycles. The smallest absolute Gasteiger partial charge is 0.323 e. The van der Waals surface area contributed by atoms with E-state index < -0.39 is 12.5 Å². The molecule has 0 saturated carbocycles. The molecule has 2 aromatic heterocycles. The summed E-state index contributed by atoms with van der Waals surface area (Å²) in [6.45, 7) is 4.04. The van der Waals surface area contributed by atoms with Crippen molar-refractivity contribution in [3.63, 3.8) is 0 Å². The molecule has 0 amide bonds. The van der Waals surface area contributed by atoms with E-state index in [9.17, 15) is 14.7 Å². The minimum atomic E-state index is -1.06. The number of thiophene rings is 1. The number of benzene rings is 1. The lowest BCUT2D eigenvalue weighted by molar-refractivity contribution is -0.137. The fourth-order valence-electron chi connectivity index (χ4n) is 3.31. The average molecular weight is 417 g/mol. The maximum absolute atomic E-state index is 13.3. The molecule has 4 rings (SSSR count). The van der Waals surface area contributed by atoms with Gasteiger partial charge in [-0.3, -0.25) is 14.2 Å². The third-order valence-corrected chi connectivity index (χ3v) is 6.81. The summed E-state index contributed by atoms with van der Waals surface area (Å²) in [5, 5.41) is 10.3. The second-order valence-corrected chi connectivity index (χ2v) is 9.39. The van der Waals surface area contributed by atoms with Gasteiger partial charge in [0.15, 0.2) is 5.16 Å². The predicted octanol–water partition coefficient (Wildman–Crippen LogP) is 3.69. The number of ether oxygens (including phenoxy) is 1. The molecule has 6 nitrogen and oxygen atoms in total. The molecule has 146 valence electrons. The van der Waals surface area contributed by atoms with Gasteiger partial charge < -0.3 is 9.84 Å². The molecule has 1 N–H and O–H groups in total. The third kappa shape index (κ3) is 3.72. The van der Waals surface area contributed by atoms with Crippen molar-refractivity contribution in [1.29, 1.82) is 0 Å². The Bertz CT molecular complexity index is 1100. The number of carboxylic acids is 1. The first kappa shape index (κ1) is 19.2. The van der Waals surface area contributed by atoms with Crippen molar-refractivity contribution < 1.29 is 14.6 Å². The van der Waals surface area contributed by atoms with Crippen LogP contribution in [-0.2, 0) is 34.9 Å². The second kappa shape index (κ2) is 7.35. The van der Waals surface area contributed by atoms with Crippen LogP contribution in [-0.4, -0.2) is 26.2 Å². The second-order valence-electron chi connectivity index (χ2n) is 7.36. The number of carbonyl (C=O) groups is 1. The molecule has 3 aromatic rings. The van der Waals surface area contributed by atoms with Crippen LogP contribution in [0.5, 0.6) is 0 Å². The SMILES string of the molecule is CC1(C)Cc2c(sc3nc(SCc4ccccc4)n(CC(=O)O)c(=O)c23)CO1. The Hall–Kier alpha value is -2.16. The fraction of sp³-hybridized carbons (Fsp3) is 0.350. The van der Waals surface area contributed by atoms with Crippen molar-refractivity contribution in [2.75, 3.05) is 0 Å². The molecule has 1 aliphatic heterocycles. The minimum absolute atomic E-state index is 0.279. The van der Waals surface area contributed by atoms with Gasteiger partial charge in [-0.1, -0.05) is 42.1 Å². The lowest BCUT2D eigenvalue weighted by atomic mass is 9.94. The van der Waals surface area contributed by atoms with Crippen molar-refractivity contribution in [3.8, 4) is 0 Å². The zero-order valence-corrected chi connectivity index (χ0v) is 17.2. The lowest BCUT2D eigenvalue weighted by Gasteiger charge is -2.29. The molecule has 1 aliphatic rings. The number of carboxylic acid groups (broad SMARTS) is 1. The Morgan fingerprint density at radius 1 is 1.36 bits per heavy atom. The monoisotopic (exact) mass is 416 g/mol. The summed E-state index contributed by atoms with van der Waals surface area (Å²) >= 11 is 2.85. The van der Waals surface area contributed by atoms with Gasteiger partial charge in [0.05, 0.1) is 17.6 Å². The van der Waals surface area contributed by atoms with Crippen LogP contribution in [0.3, 0.4) is 0 Å². The van der Waals surface area contributed by atoms with E-state index in [2.05, 4.69) is 4.98 Å². The van der Waals surface area contributed by atoms with Gasteiger partial charge in [0.2, 0.25) is 0 Å². The van der Waals surface area contributed by atoms with E-state index in [0.717, 1.165) is 16.0 Å². The van der Waals surface area contributed by atoms with Gasteiger partial charge >= 0.3 is 5.97 Å². The van der Waals surface area contributed by atoms with E-state index in [1.165, 1.54) is 27.7 Å². The molecule has 0 unspecified atom stereocenters. The van der Waals surface area contributed by atoms with Crippen molar-refractivity contribution in [2.45, 2.75) is 49.9 Å². The van der Waals surface area contributed by atoms with E-state index in [4.69, 9.17) is 4.74 Å². The van der Waals surface area contributed by atoms with Crippen LogP contribution in [0.15, 0.2) is 40.3 Å². The van der Waals surface area contributed by atoms with Crippen LogP contribution >= 0.6 is 23.1 Å². The molecule has 28 heavy (non-hydrogen) atoms. The van der Waals surface area contributed by atoms with Crippen LogP contribution in [0.2, 0.25) is 0 Å². The maximum atomic E-state index is 13.3. The number of aliphatic carboxylic acids is 1. The molecule has 0 radical (unpaired) electrons. The normalized spacial score (nSPS) is 15.5. The summed E-state index contributed by atoms with van der Waals surface area (Å²) in [5.41, 5.74) is 1.40. The van der Waals surface area contributed by atoms with Gasteiger partial charge in [-0.05, 0) is 25.0 Å². The van der Waals surface area contributed by atoms with Crippen LogP contribution in [0, 0.1) is 0 Å². The number of thioether (sulfide) groups is 1. The van der Waals surface area contributed by atoms with Gasteiger partial charge in [0.1, 0.15) is 11.4 Å². The molecule has 3 heterocycles. The van der Waals surface area contributed by atoms with E-state index in [1.54, 1.807) is 0 Å². The maximum Gasteiger partial charge on any atom is 0.323 e. The van der Waals surface area contributed by atoms with E-state index in [1.807, 2.05) is 44.2 Å². The molecule has 8 heteroatoms. The first-order valence-corrected chi connectivity index (χ1v) is 10.7. The molecule has 0 fully saturated rings. The Kier molecular flexibility index (Phi) is 5.03. The zero-order valence-electron chi connectivity index (χ0n) is 15.6. The zero-order chi connectivity index (χ0) is 19.9. The summed E-state index contributed by atoms with van der Waals surface area (Å²) in [4.78, 5) is 31.0. The summed E-state index contributed by atoms with van der Waals surface area (Å²) in [7, 11) is 0. The van der Waals surface area contributed by atoms with E-state index >= 15 is 0 Å². The highest BCUT2D eigenvalue weighted by Gasteiger charge is 2.31. The number of nitrogens with zero attached hydrogens (tertiary/aromatic N) is 2. The highest BCUT2D eigenvalue weighted by Crippen LogP contribution is 2.37. The van der Waals surface area contributed by atoms with Crippen molar-refractivity contribution in [3.05, 3.63) is 56.7 Å². The van der Waals surface area contributed by atoms with E-state index in [0.29, 0.717) is 34.2 Å². The number of rotatable bonds is 5. The number of fused-ring (bicyclic) bond motifs is 3. The highest BCUT2D eigenvalue weighted by atomic mass is 32.2. The quantitative estimate of drug-likeness (QED) is 0.505. The van der Waals surface area contributed by atoms with E-state index in [-0.39, 0.29) is 11.2 Å². The van der Waals surface area contributed by atoms with Crippen molar-refractivity contribution in [1.82, 2.24) is 9.55 Å². The number of hydrogen-bond acceptors (Lipinski definition) is 6. The average Bonchev–Trinajstić information content (AvgIpc) is 2.99. The van der Waals surface area contributed by atoms with Gasteiger partial charge in [0, 0.05) is 17.1 Å². The molecule has 1 aromatic carbocycles. The lowest BCUT2D eigenvalue weighted by Crippen LogP contribution is -2.32. The molecular weight excluding hydrogens is 396 g/mol. The number of hydrogen-bond donors (Lipinski definition) is 1. The standard InChI is InChI=1S/C20H20N2O4S2/c1-20(2)8-13-14(10-26-20)28-17-16(13)18(25)22(9-15(23)24)19(21-17)27-11-12-6-4-3-5-7-12/h3-7H,8-11H2,1-2H3,(H,23,24).